The first-order valence-electron chi connectivity index (χ1n) is 4.97. The van der Waals surface area contributed by atoms with Crippen LogP contribution >= 0.6 is 0 Å². The number of hydrogen-bond donors (Lipinski definition) is 1. The van der Waals surface area contributed by atoms with E-state index in [0.717, 1.165) is 0 Å². The maximum atomic E-state index is 10.8. The van der Waals surface area contributed by atoms with E-state index in [9.17, 15) is 4.79 Å². The smallest absolute Gasteiger partial charge is 0.257 e. The standard InChI is InChI=1S/C10H16N4O2/c1-7(2)16-10-9(12-4-5-13-10)14(3)6-8(11)15/h4-5,7H,6H2,1-3H3,(H2,11,15). The Kier molecular flexibility index (Phi) is 4.04. The molecular formula is C10H16N4O2. The Bertz CT molecular complexity index is 368. The molecule has 0 atom stereocenters. The number of nitrogens with zero attached hydrogens (tertiary/aromatic N) is 3. The van der Waals surface area contributed by atoms with Crippen molar-refractivity contribution in [2.24, 2.45) is 5.73 Å². The van der Waals surface area contributed by atoms with Crippen LogP contribution in [0.5, 0.6) is 5.88 Å². The average Bonchev–Trinajstić information content (AvgIpc) is 2.16. The van der Waals surface area contributed by atoms with Crippen LogP contribution in [-0.4, -0.2) is 35.6 Å². The van der Waals surface area contributed by atoms with Gasteiger partial charge in [0.1, 0.15) is 0 Å². The van der Waals surface area contributed by atoms with Crippen LogP contribution in [0.15, 0.2) is 12.4 Å². The number of nitrogens with two attached hydrogens (primary N) is 1. The second kappa shape index (κ2) is 5.29. The molecule has 6 heteroatoms. The molecule has 1 rings (SSSR count). The van der Waals surface area contributed by atoms with Crippen molar-refractivity contribution in [3.8, 4) is 5.88 Å². The number of aromatic nitrogens is 2. The van der Waals surface area contributed by atoms with E-state index in [-0.39, 0.29) is 12.6 Å². The van der Waals surface area contributed by atoms with Crippen molar-refractivity contribution < 1.29 is 9.53 Å². The number of ether oxygens (including phenoxy) is 1. The highest BCUT2D eigenvalue weighted by atomic mass is 16.5. The molecule has 0 aliphatic rings. The second-order valence-corrected chi connectivity index (χ2v) is 3.67. The molecule has 1 aromatic rings. The summed E-state index contributed by atoms with van der Waals surface area (Å²) in [5.41, 5.74) is 5.11. The molecule has 88 valence electrons. The highest BCUT2D eigenvalue weighted by molar-refractivity contribution is 5.79. The van der Waals surface area contributed by atoms with Gasteiger partial charge in [-0.25, -0.2) is 9.97 Å². The second-order valence-electron chi connectivity index (χ2n) is 3.67. The van der Waals surface area contributed by atoms with E-state index in [4.69, 9.17) is 10.5 Å². The van der Waals surface area contributed by atoms with Crippen molar-refractivity contribution in [3.05, 3.63) is 12.4 Å². The van der Waals surface area contributed by atoms with Crippen molar-refractivity contribution in [2.75, 3.05) is 18.5 Å². The van der Waals surface area contributed by atoms with Gasteiger partial charge in [0.05, 0.1) is 12.6 Å². The molecule has 0 aliphatic heterocycles. The number of carbonyl (C=O) groups is 1. The van der Waals surface area contributed by atoms with Crippen LogP contribution in [0, 0.1) is 0 Å². The third-order valence-corrected chi connectivity index (χ3v) is 1.75. The summed E-state index contributed by atoms with van der Waals surface area (Å²) >= 11 is 0. The van der Waals surface area contributed by atoms with Gasteiger partial charge in [-0.2, -0.15) is 0 Å². The highest BCUT2D eigenvalue weighted by Gasteiger charge is 2.13. The summed E-state index contributed by atoms with van der Waals surface area (Å²) in [4.78, 5) is 20.6. The van der Waals surface area contributed by atoms with Gasteiger partial charge >= 0.3 is 0 Å². The molecule has 1 aromatic heterocycles. The molecule has 0 radical (unpaired) electrons. The van der Waals surface area contributed by atoms with Gasteiger partial charge in [0.25, 0.3) is 5.88 Å². The summed E-state index contributed by atoms with van der Waals surface area (Å²) in [5, 5.41) is 0. The van der Waals surface area contributed by atoms with Gasteiger partial charge < -0.3 is 15.4 Å². The number of rotatable bonds is 5. The van der Waals surface area contributed by atoms with Crippen LogP contribution in [0.4, 0.5) is 5.82 Å². The summed E-state index contributed by atoms with van der Waals surface area (Å²) in [5.74, 6) is 0.486. The van der Waals surface area contributed by atoms with Gasteiger partial charge in [0, 0.05) is 19.4 Å². The van der Waals surface area contributed by atoms with E-state index in [1.807, 2.05) is 13.8 Å². The minimum Gasteiger partial charge on any atom is -0.472 e. The van der Waals surface area contributed by atoms with Gasteiger partial charge in [0.15, 0.2) is 5.82 Å². The molecule has 0 aliphatic carbocycles. The van der Waals surface area contributed by atoms with Gasteiger partial charge in [-0.15, -0.1) is 0 Å². The van der Waals surface area contributed by atoms with Crippen molar-refractivity contribution in [1.82, 2.24) is 9.97 Å². The molecule has 0 spiro atoms. The lowest BCUT2D eigenvalue weighted by molar-refractivity contribution is -0.116. The molecule has 0 fully saturated rings. The van der Waals surface area contributed by atoms with Gasteiger partial charge in [-0.1, -0.05) is 0 Å². The molecule has 1 heterocycles. The fourth-order valence-corrected chi connectivity index (χ4v) is 1.19. The Morgan fingerprint density at radius 3 is 2.69 bits per heavy atom. The normalized spacial score (nSPS) is 10.2. The molecule has 0 unspecified atom stereocenters. The maximum absolute atomic E-state index is 10.8. The molecule has 0 saturated heterocycles. The lowest BCUT2D eigenvalue weighted by Gasteiger charge is -2.19. The van der Waals surface area contributed by atoms with Gasteiger partial charge in [-0.3, -0.25) is 4.79 Å². The Hall–Kier alpha value is -1.85. The molecule has 0 bridgehead atoms. The SMILES string of the molecule is CC(C)Oc1nccnc1N(C)CC(N)=O. The molecule has 0 aromatic carbocycles. The van der Waals surface area contributed by atoms with Gasteiger partial charge in [0.2, 0.25) is 5.91 Å². The third kappa shape index (κ3) is 3.38. The van der Waals surface area contributed by atoms with Crippen LogP contribution in [-0.2, 0) is 4.79 Å². The first-order chi connectivity index (χ1) is 7.50. The van der Waals surface area contributed by atoms with Crippen molar-refractivity contribution in [3.63, 3.8) is 0 Å². The Balaban J connectivity index is 2.89. The monoisotopic (exact) mass is 224 g/mol. The zero-order valence-corrected chi connectivity index (χ0v) is 9.67. The fourth-order valence-electron chi connectivity index (χ4n) is 1.19. The minimum atomic E-state index is -0.427. The zero-order valence-electron chi connectivity index (χ0n) is 9.67. The number of amides is 1. The first kappa shape index (κ1) is 12.2. The molecule has 6 nitrogen and oxygen atoms in total. The third-order valence-electron chi connectivity index (χ3n) is 1.75. The van der Waals surface area contributed by atoms with Crippen LogP contribution in [0.1, 0.15) is 13.8 Å². The predicted molar refractivity (Wildman–Crippen MR) is 60.3 cm³/mol. The van der Waals surface area contributed by atoms with E-state index in [1.165, 1.54) is 0 Å². The quantitative estimate of drug-likeness (QED) is 0.771. The summed E-state index contributed by atoms with van der Waals surface area (Å²) in [6.07, 6.45) is 3.08. The number of likely N-dealkylation sites (N-methyl/N-ethyl adjacent to an activating group) is 1. The largest absolute Gasteiger partial charge is 0.472 e. The number of primary amides is 1. The highest BCUT2D eigenvalue weighted by Crippen LogP contribution is 2.21. The molecule has 1 amide bonds. The molecule has 2 N–H and O–H groups in total. The lowest BCUT2D eigenvalue weighted by atomic mass is 10.4. The Labute approximate surface area is 94.4 Å². The van der Waals surface area contributed by atoms with E-state index in [0.29, 0.717) is 11.7 Å². The fraction of sp³-hybridized carbons (Fsp3) is 0.500. The van der Waals surface area contributed by atoms with Crippen LogP contribution in [0.25, 0.3) is 0 Å². The topological polar surface area (TPSA) is 81.3 Å². The number of anilines is 1. The van der Waals surface area contributed by atoms with Crippen LogP contribution in [0.2, 0.25) is 0 Å². The average molecular weight is 224 g/mol. The van der Waals surface area contributed by atoms with E-state index >= 15 is 0 Å². The predicted octanol–water partition coefficient (Wildman–Crippen LogP) is 0.185. The summed E-state index contributed by atoms with van der Waals surface area (Å²) in [7, 11) is 1.71. The van der Waals surface area contributed by atoms with Crippen LogP contribution in [0.3, 0.4) is 0 Å². The summed E-state index contributed by atoms with van der Waals surface area (Å²) in [6.45, 7) is 3.87. The summed E-state index contributed by atoms with van der Waals surface area (Å²) < 4.78 is 5.48. The molecule has 0 saturated carbocycles. The Morgan fingerprint density at radius 2 is 2.12 bits per heavy atom. The lowest BCUT2D eigenvalue weighted by Crippen LogP contribution is -2.31. The first-order valence-corrected chi connectivity index (χ1v) is 4.97. The van der Waals surface area contributed by atoms with Crippen molar-refractivity contribution >= 4 is 11.7 Å². The summed E-state index contributed by atoms with van der Waals surface area (Å²) in [6, 6.07) is 0. The molecular weight excluding hydrogens is 208 g/mol. The van der Waals surface area contributed by atoms with E-state index in [1.54, 1.807) is 24.3 Å². The van der Waals surface area contributed by atoms with Crippen LogP contribution < -0.4 is 15.4 Å². The van der Waals surface area contributed by atoms with Crippen molar-refractivity contribution in [2.45, 2.75) is 20.0 Å². The maximum Gasteiger partial charge on any atom is 0.257 e. The minimum absolute atomic E-state index is 0.00238. The number of carbonyl (C=O) groups excluding carboxylic acids is 1. The van der Waals surface area contributed by atoms with E-state index in [2.05, 4.69) is 9.97 Å². The number of hydrogen-bond acceptors (Lipinski definition) is 5. The zero-order chi connectivity index (χ0) is 12.1. The molecule has 16 heavy (non-hydrogen) atoms. The van der Waals surface area contributed by atoms with Crippen molar-refractivity contribution in [1.29, 1.82) is 0 Å². The van der Waals surface area contributed by atoms with Gasteiger partial charge in [-0.05, 0) is 13.8 Å². The van der Waals surface area contributed by atoms with E-state index < -0.39 is 5.91 Å². The Morgan fingerprint density at radius 1 is 1.50 bits per heavy atom.